The Balaban J connectivity index is 2.10. The van der Waals surface area contributed by atoms with E-state index in [1.54, 1.807) is 17.9 Å². The van der Waals surface area contributed by atoms with E-state index in [-0.39, 0.29) is 12.5 Å². The van der Waals surface area contributed by atoms with Crippen LogP contribution in [0.4, 0.5) is 5.69 Å². The number of ether oxygens (including phenoxy) is 2. The van der Waals surface area contributed by atoms with Gasteiger partial charge in [-0.25, -0.2) is 0 Å². The van der Waals surface area contributed by atoms with Crippen LogP contribution in [0.1, 0.15) is 0 Å². The Morgan fingerprint density at radius 3 is 2.79 bits per heavy atom. The SMILES string of the molecule is COC(=O)CNc1cn(C)nc1Oc1ccccc1. The maximum absolute atomic E-state index is 11.1. The molecule has 0 saturated carbocycles. The van der Waals surface area contributed by atoms with Crippen molar-refractivity contribution in [1.29, 1.82) is 0 Å². The van der Waals surface area contributed by atoms with Gasteiger partial charge in [-0.15, -0.1) is 5.10 Å². The van der Waals surface area contributed by atoms with Gasteiger partial charge >= 0.3 is 5.97 Å². The summed E-state index contributed by atoms with van der Waals surface area (Å²) in [4.78, 5) is 11.1. The highest BCUT2D eigenvalue weighted by molar-refractivity contribution is 5.75. The van der Waals surface area contributed by atoms with Gasteiger partial charge in [0, 0.05) is 7.05 Å². The molecule has 0 atom stereocenters. The molecule has 0 fully saturated rings. The number of carbonyl (C=O) groups is 1. The first-order valence-electron chi connectivity index (χ1n) is 5.76. The second kappa shape index (κ2) is 5.90. The first-order chi connectivity index (χ1) is 9.19. The quantitative estimate of drug-likeness (QED) is 0.831. The number of hydrogen-bond donors (Lipinski definition) is 1. The van der Waals surface area contributed by atoms with Crippen molar-refractivity contribution in [2.75, 3.05) is 19.0 Å². The van der Waals surface area contributed by atoms with Crippen molar-refractivity contribution >= 4 is 11.7 Å². The van der Waals surface area contributed by atoms with Crippen LogP contribution in [0, 0.1) is 0 Å². The molecule has 0 radical (unpaired) electrons. The number of carbonyl (C=O) groups excluding carboxylic acids is 1. The third-order valence-electron chi connectivity index (χ3n) is 2.40. The van der Waals surface area contributed by atoms with Crippen LogP contribution in [0.15, 0.2) is 36.5 Å². The number of aryl methyl sites for hydroxylation is 1. The number of rotatable bonds is 5. The lowest BCUT2D eigenvalue weighted by molar-refractivity contribution is -0.138. The molecule has 2 rings (SSSR count). The predicted molar refractivity (Wildman–Crippen MR) is 70.2 cm³/mol. The van der Waals surface area contributed by atoms with Gasteiger partial charge in [0.1, 0.15) is 18.0 Å². The summed E-state index contributed by atoms with van der Waals surface area (Å²) >= 11 is 0. The summed E-state index contributed by atoms with van der Waals surface area (Å²) in [6, 6.07) is 9.32. The predicted octanol–water partition coefficient (Wildman–Crippen LogP) is 1.80. The molecule has 0 bridgehead atoms. The van der Waals surface area contributed by atoms with Gasteiger partial charge in [-0.1, -0.05) is 18.2 Å². The second-order valence-electron chi connectivity index (χ2n) is 3.87. The van der Waals surface area contributed by atoms with Crippen molar-refractivity contribution in [3.63, 3.8) is 0 Å². The van der Waals surface area contributed by atoms with Gasteiger partial charge < -0.3 is 14.8 Å². The van der Waals surface area contributed by atoms with Crippen LogP contribution < -0.4 is 10.1 Å². The van der Waals surface area contributed by atoms with Crippen LogP contribution in [0.5, 0.6) is 11.6 Å². The highest BCUT2D eigenvalue weighted by Gasteiger charge is 2.11. The van der Waals surface area contributed by atoms with Gasteiger partial charge in [0.05, 0.1) is 13.3 Å². The summed E-state index contributed by atoms with van der Waals surface area (Å²) in [7, 11) is 3.12. The molecule has 6 heteroatoms. The summed E-state index contributed by atoms with van der Waals surface area (Å²) < 4.78 is 11.8. The number of nitrogens with zero attached hydrogens (tertiary/aromatic N) is 2. The van der Waals surface area contributed by atoms with E-state index >= 15 is 0 Å². The minimum absolute atomic E-state index is 0.0628. The Hall–Kier alpha value is -2.50. The van der Waals surface area contributed by atoms with Crippen LogP contribution in [0.25, 0.3) is 0 Å². The average Bonchev–Trinajstić information content (AvgIpc) is 2.77. The standard InChI is InChI=1S/C13H15N3O3/c1-16-9-11(14-8-12(17)18-2)13(15-16)19-10-6-4-3-5-7-10/h3-7,9,14H,8H2,1-2H3. The van der Waals surface area contributed by atoms with Crippen LogP contribution in [0.3, 0.4) is 0 Å². The molecule has 0 unspecified atom stereocenters. The van der Waals surface area contributed by atoms with Crippen molar-refractivity contribution < 1.29 is 14.3 Å². The number of aromatic nitrogens is 2. The number of benzene rings is 1. The molecule has 0 aliphatic rings. The molecule has 1 heterocycles. The van der Waals surface area contributed by atoms with Crippen molar-refractivity contribution in [2.45, 2.75) is 0 Å². The average molecular weight is 261 g/mol. The first kappa shape index (κ1) is 12.9. The summed E-state index contributed by atoms with van der Waals surface area (Å²) in [5, 5.41) is 7.11. The van der Waals surface area contributed by atoms with Crippen molar-refractivity contribution in [3.8, 4) is 11.6 Å². The van der Waals surface area contributed by atoms with E-state index in [1.807, 2.05) is 30.3 Å². The third kappa shape index (κ3) is 3.48. The van der Waals surface area contributed by atoms with Crippen LogP contribution in [0.2, 0.25) is 0 Å². The second-order valence-corrected chi connectivity index (χ2v) is 3.87. The summed E-state index contributed by atoms with van der Waals surface area (Å²) in [6.45, 7) is 0.0628. The number of hydrogen-bond acceptors (Lipinski definition) is 5. The molecule has 1 aromatic carbocycles. The van der Waals surface area contributed by atoms with E-state index < -0.39 is 0 Å². The number of anilines is 1. The van der Waals surface area contributed by atoms with Crippen molar-refractivity contribution in [1.82, 2.24) is 9.78 Å². The van der Waals surface area contributed by atoms with Crippen molar-refractivity contribution in [2.24, 2.45) is 7.05 Å². The van der Waals surface area contributed by atoms with E-state index in [4.69, 9.17) is 4.74 Å². The molecule has 6 nitrogen and oxygen atoms in total. The normalized spacial score (nSPS) is 10.0. The Morgan fingerprint density at radius 1 is 1.37 bits per heavy atom. The Bertz CT molecular complexity index is 552. The lowest BCUT2D eigenvalue weighted by Gasteiger charge is -2.06. The zero-order valence-electron chi connectivity index (χ0n) is 10.8. The van der Waals surface area contributed by atoms with Crippen molar-refractivity contribution in [3.05, 3.63) is 36.5 Å². The van der Waals surface area contributed by atoms with Gasteiger partial charge in [-0.05, 0) is 12.1 Å². The van der Waals surface area contributed by atoms with E-state index in [1.165, 1.54) is 7.11 Å². The van der Waals surface area contributed by atoms with E-state index in [9.17, 15) is 4.79 Å². The zero-order valence-corrected chi connectivity index (χ0v) is 10.8. The van der Waals surface area contributed by atoms with Gasteiger partial charge in [0.2, 0.25) is 0 Å². The molecular weight excluding hydrogens is 246 g/mol. The summed E-state index contributed by atoms with van der Waals surface area (Å²) in [5.74, 6) is 0.745. The molecule has 1 N–H and O–H groups in total. The van der Waals surface area contributed by atoms with Crippen LogP contribution in [-0.4, -0.2) is 29.4 Å². The van der Waals surface area contributed by atoms with Crippen LogP contribution in [-0.2, 0) is 16.6 Å². The van der Waals surface area contributed by atoms with Gasteiger partial charge in [-0.3, -0.25) is 9.48 Å². The number of nitrogens with one attached hydrogen (secondary N) is 1. The lowest BCUT2D eigenvalue weighted by atomic mass is 10.3. The molecular formula is C13H15N3O3. The first-order valence-corrected chi connectivity index (χ1v) is 5.76. The lowest BCUT2D eigenvalue weighted by Crippen LogP contribution is -2.14. The smallest absolute Gasteiger partial charge is 0.325 e. The third-order valence-corrected chi connectivity index (χ3v) is 2.40. The summed E-state index contributed by atoms with van der Waals surface area (Å²) in [5.41, 5.74) is 0.636. The molecule has 2 aromatic rings. The zero-order chi connectivity index (χ0) is 13.7. The molecule has 0 spiro atoms. The number of methoxy groups -OCH3 is 1. The highest BCUT2D eigenvalue weighted by Crippen LogP contribution is 2.27. The topological polar surface area (TPSA) is 65.4 Å². The molecule has 0 saturated heterocycles. The molecule has 1 aromatic heterocycles. The highest BCUT2D eigenvalue weighted by atomic mass is 16.5. The molecule has 0 aliphatic carbocycles. The largest absolute Gasteiger partial charge is 0.468 e. The fraction of sp³-hybridized carbons (Fsp3) is 0.231. The number of esters is 1. The van der Waals surface area contributed by atoms with E-state index in [0.717, 1.165) is 0 Å². The minimum atomic E-state index is -0.352. The van der Waals surface area contributed by atoms with Gasteiger partial charge in [0.15, 0.2) is 0 Å². The fourth-order valence-corrected chi connectivity index (χ4v) is 1.50. The minimum Gasteiger partial charge on any atom is -0.468 e. The number of para-hydroxylation sites is 1. The Kier molecular flexibility index (Phi) is 4.02. The fourth-order valence-electron chi connectivity index (χ4n) is 1.50. The molecule has 19 heavy (non-hydrogen) atoms. The van der Waals surface area contributed by atoms with Gasteiger partial charge in [0.25, 0.3) is 5.88 Å². The molecule has 0 aliphatic heterocycles. The van der Waals surface area contributed by atoms with E-state index in [2.05, 4.69) is 15.2 Å². The Morgan fingerprint density at radius 2 is 2.11 bits per heavy atom. The van der Waals surface area contributed by atoms with E-state index in [0.29, 0.717) is 17.3 Å². The maximum atomic E-state index is 11.1. The molecule has 100 valence electrons. The molecule has 0 amide bonds. The Labute approximate surface area is 110 Å². The van der Waals surface area contributed by atoms with Gasteiger partial charge in [-0.2, -0.15) is 0 Å². The maximum Gasteiger partial charge on any atom is 0.325 e. The van der Waals surface area contributed by atoms with Crippen LogP contribution >= 0.6 is 0 Å². The monoisotopic (exact) mass is 261 g/mol. The summed E-state index contributed by atoms with van der Waals surface area (Å²) in [6.07, 6.45) is 1.74.